The van der Waals surface area contributed by atoms with Crippen LogP contribution in [0.4, 0.5) is 0 Å². The van der Waals surface area contributed by atoms with E-state index in [0.717, 1.165) is 18.6 Å². The fourth-order valence-electron chi connectivity index (χ4n) is 2.47. The number of allylic oxidation sites excluding steroid dienone is 2. The van der Waals surface area contributed by atoms with Crippen molar-refractivity contribution < 1.29 is 4.74 Å². The minimum absolute atomic E-state index is 0.990. The number of benzene rings is 2. The Balaban J connectivity index is 2.38. The Kier molecular flexibility index (Phi) is 2.17. The predicted octanol–water partition coefficient (Wildman–Crippen LogP) is 3.50. The fourth-order valence-corrected chi connectivity index (χ4v) is 2.47. The molecular formula is C15H14O. The third kappa shape index (κ3) is 1.32. The molecule has 0 saturated carbocycles. The molecule has 16 heavy (non-hydrogen) atoms. The summed E-state index contributed by atoms with van der Waals surface area (Å²) >= 11 is 0. The van der Waals surface area contributed by atoms with E-state index < -0.39 is 0 Å². The first-order valence-electron chi connectivity index (χ1n) is 5.62. The predicted molar refractivity (Wildman–Crippen MR) is 67.0 cm³/mol. The van der Waals surface area contributed by atoms with Crippen LogP contribution in [0.3, 0.4) is 0 Å². The Labute approximate surface area is 95.4 Å². The fraction of sp³-hybridized carbons (Fsp3) is 0.200. The van der Waals surface area contributed by atoms with Crippen LogP contribution < -0.4 is 4.74 Å². The van der Waals surface area contributed by atoms with Crippen LogP contribution in [0.2, 0.25) is 0 Å². The van der Waals surface area contributed by atoms with Gasteiger partial charge in [-0.2, -0.15) is 0 Å². The van der Waals surface area contributed by atoms with Crippen LogP contribution in [-0.2, 0) is 12.8 Å². The van der Waals surface area contributed by atoms with E-state index in [4.69, 9.17) is 4.74 Å². The van der Waals surface area contributed by atoms with E-state index in [1.54, 1.807) is 7.11 Å². The summed E-state index contributed by atoms with van der Waals surface area (Å²) in [7, 11) is 1.74. The molecule has 2 aromatic carbocycles. The topological polar surface area (TPSA) is 9.23 Å². The molecule has 1 heteroatoms. The first-order chi connectivity index (χ1) is 7.90. The largest absolute Gasteiger partial charge is 0.496 e. The van der Waals surface area contributed by atoms with Crippen molar-refractivity contribution in [2.75, 3.05) is 7.11 Å². The summed E-state index contributed by atoms with van der Waals surface area (Å²) in [6.07, 6.45) is 6.55. The molecule has 0 atom stereocenters. The average molecular weight is 210 g/mol. The SMILES string of the molecule is COc1cccc2ccc3c(c12)CC=CC3. The highest BCUT2D eigenvalue weighted by atomic mass is 16.5. The van der Waals surface area contributed by atoms with Crippen LogP contribution in [0.1, 0.15) is 11.1 Å². The Hall–Kier alpha value is -1.76. The molecule has 0 spiro atoms. The lowest BCUT2D eigenvalue weighted by Gasteiger charge is -2.16. The minimum atomic E-state index is 0.990. The molecule has 3 rings (SSSR count). The van der Waals surface area contributed by atoms with Gasteiger partial charge in [-0.25, -0.2) is 0 Å². The van der Waals surface area contributed by atoms with E-state index in [-0.39, 0.29) is 0 Å². The molecule has 1 nitrogen and oxygen atoms in total. The quantitative estimate of drug-likeness (QED) is 0.654. The van der Waals surface area contributed by atoms with E-state index in [1.807, 2.05) is 12.1 Å². The standard InChI is InChI=1S/C15H14O/c1-16-14-8-4-6-12-10-9-11-5-2-3-7-13(11)15(12)14/h2-4,6,8-10H,5,7H2,1H3. The summed E-state index contributed by atoms with van der Waals surface area (Å²) < 4.78 is 5.47. The van der Waals surface area contributed by atoms with E-state index in [0.29, 0.717) is 0 Å². The second-order valence-electron chi connectivity index (χ2n) is 4.14. The number of rotatable bonds is 1. The smallest absolute Gasteiger partial charge is 0.126 e. The third-order valence-electron chi connectivity index (χ3n) is 3.26. The maximum atomic E-state index is 5.47. The van der Waals surface area contributed by atoms with Gasteiger partial charge in [-0.15, -0.1) is 0 Å². The molecule has 0 unspecified atom stereocenters. The molecule has 0 heterocycles. The summed E-state index contributed by atoms with van der Waals surface area (Å²) in [4.78, 5) is 0. The molecule has 0 amide bonds. The van der Waals surface area contributed by atoms with Crippen molar-refractivity contribution in [1.82, 2.24) is 0 Å². The molecular weight excluding hydrogens is 196 g/mol. The Morgan fingerprint density at radius 3 is 2.75 bits per heavy atom. The van der Waals surface area contributed by atoms with Crippen LogP contribution in [0, 0.1) is 0 Å². The van der Waals surface area contributed by atoms with Gasteiger partial charge in [-0.05, 0) is 35.4 Å². The Bertz CT molecular complexity index is 567. The number of fused-ring (bicyclic) bond motifs is 3. The van der Waals surface area contributed by atoms with Crippen molar-refractivity contribution in [2.24, 2.45) is 0 Å². The van der Waals surface area contributed by atoms with Crippen LogP contribution >= 0.6 is 0 Å². The zero-order valence-corrected chi connectivity index (χ0v) is 9.36. The second-order valence-corrected chi connectivity index (χ2v) is 4.14. The molecule has 0 bridgehead atoms. The molecule has 80 valence electrons. The van der Waals surface area contributed by atoms with E-state index in [1.165, 1.54) is 21.9 Å². The van der Waals surface area contributed by atoms with Gasteiger partial charge in [0.25, 0.3) is 0 Å². The lowest BCUT2D eigenvalue weighted by Crippen LogP contribution is -1.99. The van der Waals surface area contributed by atoms with Gasteiger partial charge in [-0.3, -0.25) is 0 Å². The van der Waals surface area contributed by atoms with Gasteiger partial charge in [0.2, 0.25) is 0 Å². The highest BCUT2D eigenvalue weighted by Gasteiger charge is 2.12. The summed E-state index contributed by atoms with van der Waals surface area (Å²) in [6, 6.07) is 10.7. The minimum Gasteiger partial charge on any atom is -0.496 e. The first-order valence-corrected chi connectivity index (χ1v) is 5.62. The average Bonchev–Trinajstić information content (AvgIpc) is 2.37. The number of hydrogen-bond acceptors (Lipinski definition) is 1. The highest BCUT2D eigenvalue weighted by Crippen LogP contribution is 2.33. The molecule has 1 aliphatic rings. The molecule has 0 radical (unpaired) electrons. The van der Waals surface area contributed by atoms with Gasteiger partial charge in [0.05, 0.1) is 7.11 Å². The molecule has 0 saturated heterocycles. The summed E-state index contributed by atoms with van der Waals surface area (Å²) in [5.41, 5.74) is 2.86. The Morgan fingerprint density at radius 1 is 1.00 bits per heavy atom. The van der Waals surface area contributed by atoms with E-state index >= 15 is 0 Å². The van der Waals surface area contributed by atoms with Crippen molar-refractivity contribution in [3.63, 3.8) is 0 Å². The van der Waals surface area contributed by atoms with Crippen LogP contribution in [-0.4, -0.2) is 7.11 Å². The second kappa shape index (κ2) is 3.67. The first kappa shape index (κ1) is 9.46. The molecule has 2 aromatic rings. The van der Waals surface area contributed by atoms with Crippen molar-refractivity contribution in [3.8, 4) is 5.75 Å². The molecule has 0 N–H and O–H groups in total. The van der Waals surface area contributed by atoms with Gasteiger partial charge >= 0.3 is 0 Å². The van der Waals surface area contributed by atoms with Crippen molar-refractivity contribution >= 4 is 10.8 Å². The van der Waals surface area contributed by atoms with E-state index in [2.05, 4.69) is 30.4 Å². The summed E-state index contributed by atoms with van der Waals surface area (Å²) in [5, 5.41) is 2.56. The molecule has 0 fully saturated rings. The maximum Gasteiger partial charge on any atom is 0.126 e. The van der Waals surface area contributed by atoms with Crippen LogP contribution in [0.5, 0.6) is 5.75 Å². The Morgan fingerprint density at radius 2 is 1.88 bits per heavy atom. The maximum absolute atomic E-state index is 5.47. The highest BCUT2D eigenvalue weighted by molar-refractivity contribution is 5.92. The zero-order chi connectivity index (χ0) is 11.0. The monoisotopic (exact) mass is 210 g/mol. The van der Waals surface area contributed by atoms with Gasteiger partial charge in [0.15, 0.2) is 0 Å². The molecule has 0 aromatic heterocycles. The van der Waals surface area contributed by atoms with Crippen LogP contribution in [0.25, 0.3) is 10.8 Å². The third-order valence-corrected chi connectivity index (χ3v) is 3.26. The van der Waals surface area contributed by atoms with Gasteiger partial charge in [0, 0.05) is 5.39 Å². The lowest BCUT2D eigenvalue weighted by molar-refractivity contribution is 0.419. The van der Waals surface area contributed by atoms with Gasteiger partial charge in [-0.1, -0.05) is 36.4 Å². The summed E-state index contributed by atoms with van der Waals surface area (Å²) in [5.74, 6) is 0.990. The number of hydrogen-bond donors (Lipinski definition) is 0. The number of methoxy groups -OCH3 is 1. The van der Waals surface area contributed by atoms with E-state index in [9.17, 15) is 0 Å². The van der Waals surface area contributed by atoms with Crippen LogP contribution in [0.15, 0.2) is 42.5 Å². The van der Waals surface area contributed by atoms with Crippen molar-refractivity contribution in [2.45, 2.75) is 12.8 Å². The van der Waals surface area contributed by atoms with Gasteiger partial charge in [0.1, 0.15) is 5.75 Å². The molecule has 1 aliphatic carbocycles. The summed E-state index contributed by atoms with van der Waals surface area (Å²) in [6.45, 7) is 0. The normalized spacial score (nSPS) is 13.8. The van der Waals surface area contributed by atoms with Gasteiger partial charge < -0.3 is 4.74 Å². The van der Waals surface area contributed by atoms with Crippen molar-refractivity contribution in [3.05, 3.63) is 53.6 Å². The number of ether oxygens (including phenoxy) is 1. The lowest BCUT2D eigenvalue weighted by atomic mass is 9.91. The molecule has 0 aliphatic heterocycles. The zero-order valence-electron chi connectivity index (χ0n) is 9.36. The van der Waals surface area contributed by atoms with Crippen molar-refractivity contribution in [1.29, 1.82) is 0 Å².